The van der Waals surface area contributed by atoms with Gasteiger partial charge in [0.1, 0.15) is 5.04 Å². The van der Waals surface area contributed by atoms with E-state index in [2.05, 4.69) is 17.1 Å². The van der Waals surface area contributed by atoms with Crippen LogP contribution in [0.3, 0.4) is 0 Å². The summed E-state index contributed by atoms with van der Waals surface area (Å²) in [5, 5.41) is 10.8. The molecule has 0 unspecified atom stereocenters. The molecule has 0 spiro atoms. The van der Waals surface area contributed by atoms with E-state index >= 15 is 0 Å². The number of para-hydroxylation sites is 3. The molecule has 1 saturated heterocycles. The number of nitrogens with zero attached hydrogens (tertiary/aromatic N) is 6. The summed E-state index contributed by atoms with van der Waals surface area (Å²) in [6.45, 7) is 2.07. The molecule has 0 radical (unpaired) electrons. The van der Waals surface area contributed by atoms with Gasteiger partial charge in [-0.05, 0) is 59.5 Å². The molecule has 0 bridgehead atoms. The summed E-state index contributed by atoms with van der Waals surface area (Å²) in [4.78, 5) is 17.0. The maximum absolute atomic E-state index is 5.03. The first-order valence-electron chi connectivity index (χ1n) is 12.5. The van der Waals surface area contributed by atoms with Crippen LogP contribution in [0.1, 0.15) is 12.5 Å². The minimum absolute atomic E-state index is 0.563. The number of benzene rings is 4. The molecular formula is C31H26N6S2. The van der Waals surface area contributed by atoms with E-state index in [9.17, 15) is 0 Å². The molecule has 0 saturated carbocycles. The second-order valence-electron chi connectivity index (χ2n) is 8.16. The van der Waals surface area contributed by atoms with Crippen LogP contribution in [0.2, 0.25) is 0 Å². The molecule has 6 nitrogen and oxygen atoms in total. The number of hydrogen-bond donors (Lipinski definition) is 0. The highest BCUT2D eigenvalue weighted by molar-refractivity contribution is 8.29. The predicted molar refractivity (Wildman–Crippen MR) is 171 cm³/mol. The van der Waals surface area contributed by atoms with Crippen LogP contribution in [0, 0.1) is 0 Å². The molecule has 1 aliphatic rings. The van der Waals surface area contributed by atoms with Gasteiger partial charge >= 0.3 is 0 Å². The van der Waals surface area contributed by atoms with Gasteiger partial charge in [0.25, 0.3) is 0 Å². The Bertz CT molecular complexity index is 1520. The van der Waals surface area contributed by atoms with Gasteiger partial charge in [0, 0.05) is 5.69 Å². The standard InChI is InChI=1S/C31H26N6S2/c1-2-38-30(36-32-23-24-15-7-3-8-16-24)35-31-37(27-21-13-6-14-22-27)28(33-25-17-9-4-10-18-25)29(39-31)34-26-19-11-5-12-20-26/h3-23H,2H2,1H3/b32-23+,33-28?,34-29?,35-31+,36-30+. The molecule has 0 N–H and O–H groups in total. The van der Waals surface area contributed by atoms with Crippen molar-refractivity contribution in [1.82, 2.24) is 0 Å². The van der Waals surface area contributed by atoms with Crippen molar-refractivity contribution in [2.24, 2.45) is 25.2 Å². The Morgan fingerprint density at radius 3 is 1.92 bits per heavy atom. The molecule has 0 amide bonds. The van der Waals surface area contributed by atoms with Gasteiger partial charge in [-0.25, -0.2) is 9.98 Å². The third-order valence-electron chi connectivity index (χ3n) is 5.39. The molecule has 8 heteroatoms. The van der Waals surface area contributed by atoms with Crippen LogP contribution in [-0.2, 0) is 0 Å². The van der Waals surface area contributed by atoms with Crippen molar-refractivity contribution < 1.29 is 0 Å². The van der Waals surface area contributed by atoms with Gasteiger partial charge < -0.3 is 0 Å². The lowest BCUT2D eigenvalue weighted by atomic mass is 10.2. The summed E-state index contributed by atoms with van der Waals surface area (Å²) in [6, 6.07) is 39.8. The smallest absolute Gasteiger partial charge is 0.211 e. The molecule has 1 heterocycles. The minimum Gasteiger partial charge on any atom is -0.271 e. The maximum atomic E-state index is 5.03. The van der Waals surface area contributed by atoms with E-state index in [4.69, 9.17) is 15.0 Å². The van der Waals surface area contributed by atoms with E-state index in [-0.39, 0.29) is 0 Å². The van der Waals surface area contributed by atoms with E-state index in [1.54, 1.807) is 6.21 Å². The highest BCUT2D eigenvalue weighted by atomic mass is 32.2. The summed E-state index contributed by atoms with van der Waals surface area (Å²) >= 11 is 3.00. The lowest BCUT2D eigenvalue weighted by molar-refractivity contribution is 1.25. The third kappa shape index (κ3) is 7.19. The Balaban J connectivity index is 1.61. The number of hydrogen-bond acceptors (Lipinski definition) is 6. The lowest BCUT2D eigenvalue weighted by Crippen LogP contribution is -2.31. The maximum Gasteiger partial charge on any atom is 0.211 e. The number of aliphatic imine (C=N–C) groups is 3. The average molecular weight is 547 g/mol. The largest absolute Gasteiger partial charge is 0.271 e. The Kier molecular flexibility index (Phi) is 9.12. The molecule has 4 aromatic rings. The van der Waals surface area contributed by atoms with Crippen molar-refractivity contribution in [1.29, 1.82) is 0 Å². The van der Waals surface area contributed by atoms with Gasteiger partial charge in [0.2, 0.25) is 5.17 Å². The fourth-order valence-corrected chi connectivity index (χ4v) is 5.18. The van der Waals surface area contributed by atoms with Crippen LogP contribution in [0.15, 0.2) is 147 Å². The van der Waals surface area contributed by atoms with E-state index in [0.29, 0.717) is 16.2 Å². The van der Waals surface area contributed by atoms with Gasteiger partial charge in [-0.15, -0.1) is 5.10 Å². The van der Waals surface area contributed by atoms with Crippen molar-refractivity contribution in [2.75, 3.05) is 10.7 Å². The first-order chi connectivity index (χ1) is 19.3. The molecule has 0 aromatic heterocycles. The molecule has 0 atom stereocenters. The fraction of sp³-hybridized carbons (Fsp3) is 0.0645. The number of anilines is 1. The monoisotopic (exact) mass is 546 g/mol. The highest BCUT2D eigenvalue weighted by Gasteiger charge is 2.35. The van der Waals surface area contributed by atoms with Crippen LogP contribution in [0.25, 0.3) is 0 Å². The second kappa shape index (κ2) is 13.5. The molecule has 0 aliphatic carbocycles. The number of amidine groups is 3. The van der Waals surface area contributed by atoms with Crippen molar-refractivity contribution >= 4 is 68.0 Å². The fourth-order valence-electron chi connectivity index (χ4n) is 3.64. The van der Waals surface area contributed by atoms with Gasteiger partial charge in [-0.2, -0.15) is 10.1 Å². The topological polar surface area (TPSA) is 65.0 Å². The first-order valence-corrected chi connectivity index (χ1v) is 14.3. The van der Waals surface area contributed by atoms with Crippen molar-refractivity contribution in [2.45, 2.75) is 6.92 Å². The summed E-state index contributed by atoms with van der Waals surface area (Å²) in [6.07, 6.45) is 1.73. The van der Waals surface area contributed by atoms with Gasteiger partial charge in [0.05, 0.1) is 17.6 Å². The Morgan fingerprint density at radius 2 is 1.31 bits per heavy atom. The van der Waals surface area contributed by atoms with Crippen LogP contribution in [0.5, 0.6) is 0 Å². The summed E-state index contributed by atoms with van der Waals surface area (Å²) in [7, 11) is 0. The van der Waals surface area contributed by atoms with Crippen LogP contribution in [-0.4, -0.2) is 33.2 Å². The first kappa shape index (κ1) is 26.3. The van der Waals surface area contributed by atoms with Gasteiger partial charge in [-0.1, -0.05) is 104 Å². The second-order valence-corrected chi connectivity index (χ2v) is 10.3. The van der Waals surface area contributed by atoms with Crippen molar-refractivity contribution in [3.63, 3.8) is 0 Å². The number of rotatable bonds is 6. The zero-order chi connectivity index (χ0) is 26.7. The van der Waals surface area contributed by atoms with Crippen LogP contribution in [0.4, 0.5) is 17.1 Å². The van der Waals surface area contributed by atoms with E-state index in [1.807, 2.05) is 126 Å². The molecule has 1 aliphatic heterocycles. The van der Waals surface area contributed by atoms with Crippen LogP contribution >= 0.6 is 23.5 Å². The lowest BCUT2D eigenvalue weighted by Gasteiger charge is -2.18. The van der Waals surface area contributed by atoms with Crippen molar-refractivity contribution in [3.05, 3.63) is 127 Å². The Morgan fingerprint density at radius 1 is 0.744 bits per heavy atom. The molecular weight excluding hydrogens is 521 g/mol. The third-order valence-corrected chi connectivity index (χ3v) is 7.03. The van der Waals surface area contributed by atoms with E-state index in [1.165, 1.54) is 23.5 Å². The zero-order valence-corrected chi connectivity index (χ0v) is 23.0. The SMILES string of the molecule is CCSC(=N/N=C/c1ccccc1)/N=C1/SC(=Nc2ccccc2)C(=Nc2ccccc2)N1c1ccccc1. The Hall–Kier alpha value is -4.27. The molecule has 192 valence electrons. The number of thioether (sulfide) groups is 2. The zero-order valence-electron chi connectivity index (χ0n) is 21.3. The average Bonchev–Trinajstić information content (AvgIpc) is 3.30. The molecule has 1 fully saturated rings. The van der Waals surface area contributed by atoms with Gasteiger partial charge in [0.15, 0.2) is 11.0 Å². The molecule has 4 aromatic carbocycles. The van der Waals surface area contributed by atoms with Crippen molar-refractivity contribution in [3.8, 4) is 0 Å². The summed E-state index contributed by atoms with van der Waals surface area (Å²) in [5.74, 6) is 1.51. The highest BCUT2D eigenvalue weighted by Crippen LogP contribution is 2.33. The van der Waals surface area contributed by atoms with E-state index < -0.39 is 0 Å². The Labute approximate surface area is 237 Å². The van der Waals surface area contributed by atoms with E-state index in [0.717, 1.165) is 33.4 Å². The molecule has 39 heavy (non-hydrogen) atoms. The quantitative estimate of drug-likeness (QED) is 0.139. The normalized spacial score (nSPS) is 17.1. The molecule has 5 rings (SSSR count). The summed E-state index contributed by atoms with van der Waals surface area (Å²) in [5.41, 5.74) is 3.59. The van der Waals surface area contributed by atoms with Gasteiger partial charge in [-0.3, -0.25) is 4.90 Å². The van der Waals surface area contributed by atoms with Crippen LogP contribution < -0.4 is 4.90 Å². The predicted octanol–water partition coefficient (Wildman–Crippen LogP) is 8.20. The minimum atomic E-state index is 0.563. The summed E-state index contributed by atoms with van der Waals surface area (Å²) < 4.78 is 0.